The first-order chi connectivity index (χ1) is 10.1. The summed E-state index contributed by atoms with van der Waals surface area (Å²) in [5.41, 5.74) is 5.81. The van der Waals surface area contributed by atoms with Crippen molar-refractivity contribution < 1.29 is 18.7 Å². The molecular formula is C13H14N4O4. The molecule has 8 nitrogen and oxygen atoms in total. The van der Waals surface area contributed by atoms with Gasteiger partial charge in [-0.3, -0.25) is 0 Å². The number of urea groups is 1. The van der Waals surface area contributed by atoms with Crippen LogP contribution in [0.15, 0.2) is 28.7 Å². The van der Waals surface area contributed by atoms with E-state index >= 15 is 0 Å². The number of primary amides is 1. The molecule has 8 heteroatoms. The van der Waals surface area contributed by atoms with Crippen LogP contribution in [-0.2, 0) is 17.8 Å². The highest BCUT2D eigenvalue weighted by molar-refractivity contribution is 5.91. The van der Waals surface area contributed by atoms with E-state index in [0.29, 0.717) is 23.6 Å². The highest BCUT2D eigenvalue weighted by Crippen LogP contribution is 2.11. The molecule has 0 spiro atoms. The Balaban J connectivity index is 1.92. The third-order valence-corrected chi connectivity index (χ3v) is 2.53. The molecule has 0 fully saturated rings. The number of hydrogen-bond donors (Lipinski definition) is 2. The van der Waals surface area contributed by atoms with Crippen molar-refractivity contribution in [1.82, 2.24) is 10.2 Å². The zero-order chi connectivity index (χ0) is 15.2. The second-order valence-corrected chi connectivity index (χ2v) is 4.09. The molecule has 110 valence electrons. The first-order valence-corrected chi connectivity index (χ1v) is 6.23. The summed E-state index contributed by atoms with van der Waals surface area (Å²) in [7, 11) is 0. The topological polar surface area (TPSA) is 120 Å². The van der Waals surface area contributed by atoms with Crippen molar-refractivity contribution >= 4 is 17.7 Å². The summed E-state index contributed by atoms with van der Waals surface area (Å²) in [6.07, 6.45) is 0.620. The zero-order valence-electron chi connectivity index (χ0n) is 11.3. The second-order valence-electron chi connectivity index (χ2n) is 4.09. The molecule has 0 unspecified atom stereocenters. The Bertz CT molecular complexity index is 636. The number of amides is 2. The normalized spacial score (nSPS) is 10.1. The van der Waals surface area contributed by atoms with Crippen molar-refractivity contribution in [3.8, 4) is 0 Å². The van der Waals surface area contributed by atoms with E-state index in [1.54, 1.807) is 12.1 Å². The predicted octanol–water partition coefficient (Wildman–Crippen LogP) is 1.48. The molecular weight excluding hydrogens is 276 g/mol. The number of hydrogen-bond acceptors (Lipinski definition) is 6. The molecule has 0 saturated carbocycles. The molecule has 1 aromatic heterocycles. The maximum atomic E-state index is 11.8. The molecule has 3 N–H and O–H groups in total. The Morgan fingerprint density at radius 2 is 1.90 bits per heavy atom. The Morgan fingerprint density at radius 1 is 1.24 bits per heavy atom. The molecule has 0 radical (unpaired) electrons. The van der Waals surface area contributed by atoms with Gasteiger partial charge in [0.25, 0.3) is 5.89 Å². The number of esters is 1. The van der Waals surface area contributed by atoms with Gasteiger partial charge in [0.1, 0.15) is 0 Å². The van der Waals surface area contributed by atoms with E-state index in [0.717, 1.165) is 0 Å². The smallest absolute Gasteiger partial charge is 0.338 e. The van der Waals surface area contributed by atoms with Crippen molar-refractivity contribution in [2.45, 2.75) is 20.0 Å². The van der Waals surface area contributed by atoms with Gasteiger partial charge in [-0.2, -0.15) is 0 Å². The number of rotatable bonds is 5. The molecule has 0 aliphatic heterocycles. The summed E-state index contributed by atoms with van der Waals surface area (Å²) in [6, 6.07) is 5.44. The number of anilines is 1. The Morgan fingerprint density at radius 3 is 2.48 bits per heavy atom. The Kier molecular flexibility index (Phi) is 4.50. The van der Waals surface area contributed by atoms with Gasteiger partial charge in [-0.1, -0.05) is 6.92 Å². The average molecular weight is 290 g/mol. The molecule has 0 bridgehead atoms. The Labute approximate surface area is 120 Å². The van der Waals surface area contributed by atoms with Crippen LogP contribution in [0, 0.1) is 0 Å². The molecule has 1 heterocycles. The van der Waals surface area contributed by atoms with Gasteiger partial charge in [-0.25, -0.2) is 9.59 Å². The Hall–Kier alpha value is -2.90. The van der Waals surface area contributed by atoms with Crippen molar-refractivity contribution in [3.63, 3.8) is 0 Å². The molecule has 2 aromatic rings. The van der Waals surface area contributed by atoms with E-state index in [2.05, 4.69) is 15.5 Å². The van der Waals surface area contributed by atoms with E-state index in [1.807, 2.05) is 6.92 Å². The summed E-state index contributed by atoms with van der Waals surface area (Å²) in [6.45, 7) is 1.79. The summed E-state index contributed by atoms with van der Waals surface area (Å²) in [4.78, 5) is 22.5. The molecule has 1 aromatic carbocycles. The number of benzene rings is 1. The van der Waals surface area contributed by atoms with E-state index in [4.69, 9.17) is 14.9 Å². The van der Waals surface area contributed by atoms with Crippen LogP contribution in [0.4, 0.5) is 10.5 Å². The number of nitrogens with two attached hydrogens (primary N) is 1. The monoisotopic (exact) mass is 290 g/mol. The molecule has 2 rings (SSSR count). The maximum Gasteiger partial charge on any atom is 0.338 e. The van der Waals surface area contributed by atoms with E-state index in [1.165, 1.54) is 12.1 Å². The lowest BCUT2D eigenvalue weighted by Crippen LogP contribution is -2.19. The quantitative estimate of drug-likeness (QED) is 0.804. The van der Waals surface area contributed by atoms with Crippen LogP contribution in [0.5, 0.6) is 0 Å². The zero-order valence-corrected chi connectivity index (χ0v) is 11.3. The molecule has 21 heavy (non-hydrogen) atoms. The predicted molar refractivity (Wildman–Crippen MR) is 72.4 cm³/mol. The van der Waals surface area contributed by atoms with Gasteiger partial charge in [0.15, 0.2) is 6.61 Å². The van der Waals surface area contributed by atoms with E-state index in [-0.39, 0.29) is 12.5 Å². The summed E-state index contributed by atoms with van der Waals surface area (Å²) in [5, 5.41) is 9.90. The van der Waals surface area contributed by atoms with Crippen LogP contribution in [0.3, 0.4) is 0 Å². The van der Waals surface area contributed by atoms with Gasteiger partial charge < -0.3 is 20.2 Å². The van der Waals surface area contributed by atoms with Crippen molar-refractivity contribution in [3.05, 3.63) is 41.6 Å². The highest BCUT2D eigenvalue weighted by atomic mass is 16.5. The number of carbonyl (C=O) groups excluding carboxylic acids is 2. The lowest BCUT2D eigenvalue weighted by atomic mass is 10.2. The molecule has 0 aliphatic carbocycles. The second kappa shape index (κ2) is 6.51. The minimum Gasteiger partial charge on any atom is -0.452 e. The first-order valence-electron chi connectivity index (χ1n) is 6.23. The molecule has 0 atom stereocenters. The average Bonchev–Trinajstić information content (AvgIpc) is 2.93. The number of aryl methyl sites for hydroxylation is 1. The molecule has 0 saturated heterocycles. The van der Waals surface area contributed by atoms with Gasteiger partial charge in [0.05, 0.1) is 5.56 Å². The van der Waals surface area contributed by atoms with Crippen LogP contribution < -0.4 is 11.1 Å². The number of nitrogens with zero attached hydrogens (tertiary/aromatic N) is 2. The van der Waals surface area contributed by atoms with Crippen LogP contribution in [0.2, 0.25) is 0 Å². The number of ether oxygens (including phenoxy) is 1. The van der Waals surface area contributed by atoms with Crippen molar-refractivity contribution in [2.75, 3.05) is 5.32 Å². The maximum absolute atomic E-state index is 11.8. The number of carbonyl (C=O) groups is 2. The first kappa shape index (κ1) is 14.5. The summed E-state index contributed by atoms with van der Waals surface area (Å²) < 4.78 is 10.3. The van der Waals surface area contributed by atoms with Gasteiger partial charge in [-0.05, 0) is 24.3 Å². The van der Waals surface area contributed by atoms with E-state index < -0.39 is 12.0 Å². The fourth-order valence-electron chi connectivity index (χ4n) is 1.53. The van der Waals surface area contributed by atoms with Gasteiger partial charge in [-0.15, -0.1) is 10.2 Å². The summed E-state index contributed by atoms with van der Waals surface area (Å²) >= 11 is 0. The molecule has 0 aliphatic rings. The van der Waals surface area contributed by atoms with Crippen LogP contribution >= 0.6 is 0 Å². The third kappa shape index (κ3) is 4.03. The van der Waals surface area contributed by atoms with Gasteiger partial charge >= 0.3 is 12.0 Å². The SMILES string of the molecule is CCc1nnc(COC(=O)c2ccc(NC(N)=O)cc2)o1. The van der Waals surface area contributed by atoms with Gasteiger partial charge in [0.2, 0.25) is 5.89 Å². The van der Waals surface area contributed by atoms with Crippen LogP contribution in [0.1, 0.15) is 29.1 Å². The highest BCUT2D eigenvalue weighted by Gasteiger charge is 2.11. The lowest BCUT2D eigenvalue weighted by molar-refractivity contribution is 0.0436. The number of nitrogens with one attached hydrogen (secondary N) is 1. The van der Waals surface area contributed by atoms with Gasteiger partial charge in [0, 0.05) is 12.1 Å². The minimum atomic E-state index is -0.673. The van der Waals surface area contributed by atoms with Crippen molar-refractivity contribution in [2.24, 2.45) is 5.73 Å². The fraction of sp³-hybridized carbons (Fsp3) is 0.231. The van der Waals surface area contributed by atoms with Crippen molar-refractivity contribution in [1.29, 1.82) is 0 Å². The van der Waals surface area contributed by atoms with Crippen LogP contribution in [-0.4, -0.2) is 22.2 Å². The third-order valence-electron chi connectivity index (χ3n) is 2.53. The lowest BCUT2D eigenvalue weighted by Gasteiger charge is -2.04. The summed E-state index contributed by atoms with van der Waals surface area (Å²) in [5.74, 6) is 0.201. The fourth-order valence-corrected chi connectivity index (χ4v) is 1.53. The van der Waals surface area contributed by atoms with E-state index in [9.17, 15) is 9.59 Å². The number of aromatic nitrogens is 2. The largest absolute Gasteiger partial charge is 0.452 e. The standard InChI is InChI=1S/C13H14N4O4/c1-2-10-16-17-11(21-10)7-20-12(18)8-3-5-9(6-4-8)15-13(14)19/h3-6H,2,7H2,1H3,(H3,14,15,19). The molecule has 2 amide bonds. The van der Waals surface area contributed by atoms with Crippen LogP contribution in [0.25, 0.3) is 0 Å². The minimum absolute atomic E-state index is 0.0902.